The predicted octanol–water partition coefficient (Wildman–Crippen LogP) is 4.50. The first kappa shape index (κ1) is 16.9. The third kappa shape index (κ3) is 3.63. The topological polar surface area (TPSA) is 12.0 Å². The van der Waals surface area contributed by atoms with E-state index in [9.17, 15) is 0 Å². The Morgan fingerprint density at radius 3 is 2.68 bits per heavy atom. The van der Waals surface area contributed by atoms with Gasteiger partial charge in [-0.3, -0.25) is 0 Å². The maximum Gasteiger partial charge on any atom is 0.0446 e. The normalized spacial score (nSPS) is 18.1. The Labute approximate surface area is 135 Å². The van der Waals surface area contributed by atoms with E-state index in [1.165, 1.54) is 71.3 Å². The maximum atomic E-state index is 4.40. The first-order valence-electron chi connectivity index (χ1n) is 8.77. The fourth-order valence-electron chi connectivity index (χ4n) is 3.68. The Morgan fingerprint density at radius 2 is 2.05 bits per heavy atom. The number of rotatable bonds is 6. The van der Waals surface area contributed by atoms with Crippen LogP contribution in [0.4, 0.5) is 5.69 Å². The van der Waals surface area contributed by atoms with Gasteiger partial charge >= 0.3 is 0 Å². The fourth-order valence-corrected chi connectivity index (χ4v) is 3.68. The van der Waals surface area contributed by atoms with Crippen molar-refractivity contribution in [2.45, 2.75) is 64.7 Å². The van der Waals surface area contributed by atoms with Gasteiger partial charge in [0.1, 0.15) is 0 Å². The highest BCUT2D eigenvalue weighted by Crippen LogP contribution is 2.29. The predicted molar refractivity (Wildman–Crippen MR) is 99.9 cm³/mol. The first-order chi connectivity index (χ1) is 10.6. The van der Waals surface area contributed by atoms with Gasteiger partial charge in [0, 0.05) is 18.7 Å². The van der Waals surface area contributed by atoms with Gasteiger partial charge in [0.15, 0.2) is 0 Å². The molecule has 0 saturated carbocycles. The molecule has 1 unspecified atom stereocenters. The van der Waals surface area contributed by atoms with Gasteiger partial charge in [0.2, 0.25) is 0 Å². The summed E-state index contributed by atoms with van der Waals surface area (Å²) < 4.78 is 0. The lowest BCUT2D eigenvalue weighted by molar-refractivity contribution is 0.630. The molecule has 0 aliphatic heterocycles. The SMILES string of the molecule is C=c1cc(C2C=C(C)CCC2)c(=C)c(NC)c1CCCCC. The monoisotopic (exact) mass is 297 g/mol. The number of hydrogen-bond donors (Lipinski definition) is 1. The third-order valence-corrected chi connectivity index (χ3v) is 4.92. The standard InChI is InChI=1S/C21H31N/c1-6-7-8-12-19-16(3)14-20(17(4)21(19)22-5)18-11-9-10-15(2)13-18/h13-14,18,22H,3-4,6-12H2,1-2,5H3. The van der Waals surface area contributed by atoms with Crippen molar-refractivity contribution in [2.75, 3.05) is 12.4 Å². The minimum atomic E-state index is 0.513. The highest BCUT2D eigenvalue weighted by molar-refractivity contribution is 5.57. The van der Waals surface area contributed by atoms with Crippen LogP contribution in [0, 0.1) is 0 Å². The number of hydrogen-bond acceptors (Lipinski definition) is 1. The van der Waals surface area contributed by atoms with Gasteiger partial charge < -0.3 is 5.32 Å². The van der Waals surface area contributed by atoms with Crippen molar-refractivity contribution in [1.82, 2.24) is 0 Å². The van der Waals surface area contributed by atoms with Crippen molar-refractivity contribution in [3.05, 3.63) is 39.3 Å². The smallest absolute Gasteiger partial charge is 0.0446 e. The Balaban J connectivity index is 2.42. The summed E-state index contributed by atoms with van der Waals surface area (Å²) in [6.07, 6.45) is 11.1. The molecule has 1 N–H and O–H groups in total. The van der Waals surface area contributed by atoms with Crippen molar-refractivity contribution in [2.24, 2.45) is 0 Å². The van der Waals surface area contributed by atoms with E-state index in [2.05, 4.69) is 44.5 Å². The number of allylic oxidation sites excluding steroid dienone is 2. The molecule has 1 aliphatic carbocycles. The maximum absolute atomic E-state index is 4.40. The van der Waals surface area contributed by atoms with Gasteiger partial charge in [0.25, 0.3) is 0 Å². The molecule has 1 aromatic rings. The second-order valence-electron chi connectivity index (χ2n) is 6.68. The van der Waals surface area contributed by atoms with Crippen LogP contribution in [0.25, 0.3) is 13.2 Å². The van der Waals surface area contributed by atoms with Gasteiger partial charge in [-0.2, -0.15) is 0 Å². The Morgan fingerprint density at radius 1 is 1.27 bits per heavy atom. The molecule has 22 heavy (non-hydrogen) atoms. The van der Waals surface area contributed by atoms with Crippen LogP contribution in [0.3, 0.4) is 0 Å². The molecule has 0 saturated heterocycles. The average molecular weight is 297 g/mol. The zero-order valence-electron chi connectivity index (χ0n) is 14.6. The molecule has 1 aliphatic rings. The van der Waals surface area contributed by atoms with Crippen LogP contribution in [0.5, 0.6) is 0 Å². The second kappa shape index (κ2) is 7.67. The van der Waals surface area contributed by atoms with Crippen molar-refractivity contribution in [3.8, 4) is 0 Å². The van der Waals surface area contributed by atoms with Gasteiger partial charge in [-0.15, -0.1) is 0 Å². The highest BCUT2D eigenvalue weighted by Gasteiger charge is 2.17. The van der Waals surface area contributed by atoms with Crippen molar-refractivity contribution in [3.63, 3.8) is 0 Å². The van der Waals surface area contributed by atoms with Crippen molar-refractivity contribution >= 4 is 18.8 Å². The van der Waals surface area contributed by atoms with Crippen LogP contribution >= 0.6 is 0 Å². The minimum absolute atomic E-state index is 0.513. The summed E-state index contributed by atoms with van der Waals surface area (Å²) in [6.45, 7) is 13.2. The Hall–Kier alpha value is -1.50. The molecule has 2 rings (SSSR count). The van der Waals surface area contributed by atoms with Crippen LogP contribution in [0.1, 0.15) is 69.4 Å². The Kier molecular flexibility index (Phi) is 5.88. The average Bonchev–Trinajstić information content (AvgIpc) is 2.50. The van der Waals surface area contributed by atoms with E-state index >= 15 is 0 Å². The molecule has 0 aromatic heterocycles. The van der Waals surface area contributed by atoms with Crippen molar-refractivity contribution in [1.29, 1.82) is 0 Å². The number of unbranched alkanes of at least 4 members (excludes halogenated alkanes) is 2. The van der Waals surface area contributed by atoms with E-state index in [0.717, 1.165) is 6.42 Å². The zero-order valence-corrected chi connectivity index (χ0v) is 14.6. The van der Waals surface area contributed by atoms with Crippen LogP contribution in [-0.4, -0.2) is 7.05 Å². The molecule has 1 atom stereocenters. The molecule has 1 heteroatoms. The summed E-state index contributed by atoms with van der Waals surface area (Å²) >= 11 is 0. The molecule has 0 bridgehead atoms. The number of anilines is 1. The van der Waals surface area contributed by atoms with Crippen molar-refractivity contribution < 1.29 is 0 Å². The van der Waals surface area contributed by atoms with Crippen LogP contribution in [0.2, 0.25) is 0 Å². The summed E-state index contributed by atoms with van der Waals surface area (Å²) in [5, 5.41) is 5.76. The lowest BCUT2D eigenvalue weighted by Gasteiger charge is -2.23. The largest absolute Gasteiger partial charge is 0.387 e. The summed E-state index contributed by atoms with van der Waals surface area (Å²) in [7, 11) is 2.01. The summed E-state index contributed by atoms with van der Waals surface area (Å²) in [5.74, 6) is 0.513. The van der Waals surface area contributed by atoms with Crippen LogP contribution in [-0.2, 0) is 6.42 Å². The molecule has 1 nitrogen and oxygen atoms in total. The quantitative estimate of drug-likeness (QED) is 0.602. The first-order valence-corrected chi connectivity index (χ1v) is 8.77. The lowest BCUT2D eigenvalue weighted by Crippen LogP contribution is -2.25. The van der Waals surface area contributed by atoms with Gasteiger partial charge in [0.05, 0.1) is 0 Å². The summed E-state index contributed by atoms with van der Waals surface area (Å²) in [4.78, 5) is 0. The van der Waals surface area contributed by atoms with E-state index in [1.54, 1.807) is 0 Å². The van der Waals surface area contributed by atoms with E-state index in [4.69, 9.17) is 0 Å². The highest BCUT2D eigenvalue weighted by atomic mass is 14.8. The van der Waals surface area contributed by atoms with Crippen LogP contribution < -0.4 is 15.8 Å². The van der Waals surface area contributed by atoms with E-state index in [-0.39, 0.29) is 0 Å². The van der Waals surface area contributed by atoms with Gasteiger partial charge in [-0.25, -0.2) is 0 Å². The Bertz CT molecular complexity index is 639. The van der Waals surface area contributed by atoms with E-state index in [1.807, 2.05) is 7.05 Å². The molecule has 0 amide bonds. The van der Waals surface area contributed by atoms with E-state index in [0.29, 0.717) is 5.92 Å². The lowest BCUT2D eigenvalue weighted by atomic mass is 9.84. The summed E-state index contributed by atoms with van der Waals surface area (Å²) in [5.41, 5.74) is 5.46. The summed E-state index contributed by atoms with van der Waals surface area (Å²) in [6, 6.07) is 2.30. The number of nitrogens with one attached hydrogen (secondary N) is 1. The molecular formula is C21H31N. The number of benzene rings is 1. The van der Waals surface area contributed by atoms with Gasteiger partial charge in [-0.1, -0.05) is 50.6 Å². The zero-order chi connectivity index (χ0) is 16.1. The molecule has 0 radical (unpaired) electrons. The minimum Gasteiger partial charge on any atom is -0.387 e. The molecular weight excluding hydrogens is 266 g/mol. The molecule has 120 valence electrons. The second-order valence-corrected chi connectivity index (χ2v) is 6.68. The molecule has 1 aromatic carbocycles. The molecule has 0 fully saturated rings. The molecule has 0 spiro atoms. The third-order valence-electron chi connectivity index (χ3n) is 4.92. The van der Waals surface area contributed by atoms with E-state index < -0.39 is 0 Å². The molecule has 0 heterocycles. The van der Waals surface area contributed by atoms with Gasteiger partial charge in [-0.05, 0) is 60.6 Å². The van der Waals surface area contributed by atoms with Crippen LogP contribution in [0.15, 0.2) is 17.7 Å². The fraction of sp³-hybridized carbons (Fsp3) is 0.524.